The molecule has 2 aliphatic heterocycles. The zero-order valence-corrected chi connectivity index (χ0v) is 27.9. The normalized spacial score (nSPS) is 18.1. The zero-order valence-electron chi connectivity index (χ0n) is 27.9. The fourth-order valence-electron chi connectivity index (χ4n) is 5.83. The second-order valence-corrected chi connectivity index (χ2v) is 12.1. The number of carbonyl (C=O) groups excluding carboxylic acids is 2. The van der Waals surface area contributed by atoms with E-state index in [0.29, 0.717) is 68.6 Å². The largest absolute Gasteiger partial charge is 0.368 e. The van der Waals surface area contributed by atoms with Crippen LogP contribution in [-0.2, 0) is 21.5 Å². The highest BCUT2D eigenvalue weighted by Gasteiger charge is 2.42. The van der Waals surface area contributed by atoms with Gasteiger partial charge >= 0.3 is 0 Å². The van der Waals surface area contributed by atoms with Crippen molar-refractivity contribution in [3.8, 4) is 0 Å². The van der Waals surface area contributed by atoms with E-state index in [9.17, 15) is 19.8 Å². The summed E-state index contributed by atoms with van der Waals surface area (Å²) in [4.78, 5) is 37.7. The van der Waals surface area contributed by atoms with E-state index in [-0.39, 0.29) is 11.8 Å². The van der Waals surface area contributed by atoms with Crippen LogP contribution in [-0.4, -0.2) is 58.2 Å². The average molecular weight is 627 g/mol. The molecule has 0 unspecified atom stereocenters. The zero-order chi connectivity index (χ0) is 33.7. The fourth-order valence-corrected chi connectivity index (χ4v) is 5.83. The number of allylic oxidation sites excluding steroid dienone is 7. The number of aliphatic imine (C=N–C) groups is 2. The highest BCUT2D eigenvalue weighted by atomic mass is 16.5. The monoisotopic (exact) mass is 626 g/mol. The Bertz CT molecular complexity index is 1470. The van der Waals surface area contributed by atoms with Gasteiger partial charge < -0.3 is 20.4 Å². The molecule has 2 aliphatic rings. The predicted octanol–water partition coefficient (Wildman–Crippen LogP) is 6.39. The van der Waals surface area contributed by atoms with Crippen molar-refractivity contribution >= 4 is 23.7 Å². The number of carbonyl (C=O) groups is 2. The number of rotatable bonds is 14. The van der Waals surface area contributed by atoms with Gasteiger partial charge in [-0.25, -0.2) is 0 Å². The maximum absolute atomic E-state index is 13.7. The lowest BCUT2D eigenvalue weighted by Crippen LogP contribution is -2.56. The Morgan fingerprint density at radius 1 is 1.07 bits per heavy atom. The number of hydrogen-bond acceptors (Lipinski definition) is 6. The molecule has 1 saturated heterocycles. The van der Waals surface area contributed by atoms with Crippen LogP contribution >= 0.6 is 0 Å². The van der Waals surface area contributed by atoms with Crippen molar-refractivity contribution in [1.29, 1.82) is 0 Å². The number of nitrogens with zero attached hydrogens (tertiary/aromatic N) is 3. The molecule has 1 fully saturated rings. The number of amides is 2. The second kappa shape index (κ2) is 17.5. The van der Waals surface area contributed by atoms with Crippen LogP contribution < -0.4 is 5.32 Å². The van der Waals surface area contributed by atoms with E-state index in [1.54, 1.807) is 25.3 Å². The van der Waals surface area contributed by atoms with Crippen LogP contribution in [0.3, 0.4) is 0 Å². The second-order valence-electron chi connectivity index (χ2n) is 12.1. The van der Waals surface area contributed by atoms with Gasteiger partial charge in [-0.15, -0.1) is 0 Å². The van der Waals surface area contributed by atoms with Crippen LogP contribution in [0.25, 0.3) is 0 Å². The third-order valence-electron chi connectivity index (χ3n) is 8.51. The lowest BCUT2D eigenvalue weighted by atomic mass is 9.75. The van der Waals surface area contributed by atoms with E-state index >= 15 is 0 Å². The van der Waals surface area contributed by atoms with Gasteiger partial charge in [0, 0.05) is 30.6 Å². The minimum absolute atomic E-state index is 0.0234. The molecule has 8 heteroatoms. The molecule has 0 aliphatic carbocycles. The molecule has 2 amide bonds. The molecular weight excluding hydrogens is 576 g/mol. The highest BCUT2D eigenvalue weighted by molar-refractivity contribution is 5.94. The molecule has 3 rings (SSSR count). The topological polar surface area (TPSA) is 115 Å². The molecule has 0 aromatic heterocycles. The molecule has 1 aromatic carbocycles. The van der Waals surface area contributed by atoms with Gasteiger partial charge in [0.2, 0.25) is 11.8 Å². The minimum Gasteiger partial charge on any atom is -0.368 e. The maximum Gasteiger partial charge on any atom is 0.249 e. The fraction of sp³-hybridized carbons (Fsp3) is 0.421. The molecule has 0 bridgehead atoms. The standard InChI is InChI=1S/C38H50N4O4/c1-7-30(8-2)19-18-27(4)26-39-33(9-3)34(40-29(6)14-10-13-17-36(44)45)24-28(5)37(46)42-22-20-38(21-23-42)32-16-12-11-15-31(32)25-35(43)41-38/h7,9,11-12,15-16,18-19,24,26,36,44-45H,1,3,8,10,13-14,17,20-23,25H2,2,4-6H3,(H,41,43)/b27-18+,28-24+,30-19+,34-33-,39-26+,40-29+. The molecule has 246 valence electrons. The highest BCUT2D eigenvalue weighted by Crippen LogP contribution is 2.38. The summed E-state index contributed by atoms with van der Waals surface area (Å²) in [5, 5.41) is 21.6. The first-order chi connectivity index (χ1) is 22.0. The Morgan fingerprint density at radius 3 is 2.43 bits per heavy atom. The first-order valence-electron chi connectivity index (χ1n) is 16.2. The van der Waals surface area contributed by atoms with Gasteiger partial charge in [0.25, 0.3) is 0 Å². The molecular formula is C38H50N4O4. The Kier molecular flexibility index (Phi) is 13.8. The van der Waals surface area contributed by atoms with Crippen LogP contribution in [0, 0.1) is 0 Å². The third-order valence-corrected chi connectivity index (χ3v) is 8.51. The van der Waals surface area contributed by atoms with E-state index in [4.69, 9.17) is 4.99 Å². The molecule has 0 atom stereocenters. The van der Waals surface area contributed by atoms with Crippen molar-refractivity contribution in [2.75, 3.05) is 13.1 Å². The molecule has 8 nitrogen and oxygen atoms in total. The summed E-state index contributed by atoms with van der Waals surface area (Å²) in [5.74, 6) is -0.0621. The molecule has 0 radical (unpaired) electrons. The first-order valence-corrected chi connectivity index (χ1v) is 16.2. The van der Waals surface area contributed by atoms with Crippen molar-refractivity contribution in [2.24, 2.45) is 9.98 Å². The van der Waals surface area contributed by atoms with Crippen LogP contribution in [0.5, 0.6) is 0 Å². The van der Waals surface area contributed by atoms with Gasteiger partial charge in [-0.3, -0.25) is 19.6 Å². The van der Waals surface area contributed by atoms with E-state index in [1.165, 1.54) is 0 Å². The quantitative estimate of drug-likeness (QED) is 0.0730. The van der Waals surface area contributed by atoms with E-state index in [2.05, 4.69) is 36.5 Å². The van der Waals surface area contributed by atoms with Crippen molar-refractivity contribution in [2.45, 2.75) is 90.9 Å². The average Bonchev–Trinajstić information content (AvgIpc) is 3.03. The number of benzene rings is 1. The number of aliphatic hydroxyl groups is 2. The summed E-state index contributed by atoms with van der Waals surface area (Å²) >= 11 is 0. The third kappa shape index (κ3) is 10.2. The Balaban J connectivity index is 1.87. The molecule has 0 saturated carbocycles. The van der Waals surface area contributed by atoms with Crippen LogP contribution in [0.15, 0.2) is 106 Å². The summed E-state index contributed by atoms with van der Waals surface area (Å²) in [6, 6.07) is 8.08. The van der Waals surface area contributed by atoms with Gasteiger partial charge in [0.05, 0.1) is 23.4 Å². The number of fused-ring (bicyclic) bond motifs is 2. The molecule has 1 spiro atoms. The van der Waals surface area contributed by atoms with Gasteiger partial charge in [-0.1, -0.05) is 62.6 Å². The van der Waals surface area contributed by atoms with Crippen LogP contribution in [0.1, 0.15) is 83.8 Å². The van der Waals surface area contributed by atoms with E-state index in [0.717, 1.165) is 40.8 Å². The summed E-state index contributed by atoms with van der Waals surface area (Å²) in [6.07, 6.45) is 14.6. The molecule has 1 aromatic rings. The Hall–Kier alpha value is -4.14. The van der Waals surface area contributed by atoms with Crippen molar-refractivity contribution in [1.82, 2.24) is 10.2 Å². The van der Waals surface area contributed by atoms with E-state index < -0.39 is 11.8 Å². The lowest BCUT2D eigenvalue weighted by molar-refractivity contribution is -0.130. The number of piperidine rings is 1. The van der Waals surface area contributed by atoms with Crippen LogP contribution in [0.4, 0.5) is 0 Å². The summed E-state index contributed by atoms with van der Waals surface area (Å²) < 4.78 is 0. The number of aliphatic hydroxyl groups excluding tert-OH is 1. The van der Waals surface area contributed by atoms with Gasteiger partial charge in [-0.2, -0.15) is 0 Å². The van der Waals surface area contributed by atoms with E-state index in [1.807, 2.05) is 55.2 Å². The first kappa shape index (κ1) is 36.3. The Morgan fingerprint density at radius 2 is 1.78 bits per heavy atom. The lowest BCUT2D eigenvalue weighted by Gasteiger charge is -2.45. The number of likely N-dealkylation sites (tertiary alicyclic amines) is 1. The minimum atomic E-state index is -1.31. The molecule has 3 N–H and O–H groups in total. The predicted molar refractivity (Wildman–Crippen MR) is 187 cm³/mol. The summed E-state index contributed by atoms with van der Waals surface area (Å²) in [5.41, 5.74) is 6.26. The van der Waals surface area contributed by atoms with Crippen molar-refractivity contribution in [3.63, 3.8) is 0 Å². The smallest absolute Gasteiger partial charge is 0.249 e. The Labute approximate surface area is 274 Å². The SMILES string of the molecule is C=C\C(=C/C=C(C)/C=N/C(C=C)=C(/C=C(\C)C(=O)N1CCC2(CC1)NC(=O)Cc1ccccc12)\N=C(/C)CCCCC(O)O)CC. The van der Waals surface area contributed by atoms with Gasteiger partial charge in [0.1, 0.15) is 0 Å². The van der Waals surface area contributed by atoms with Crippen molar-refractivity contribution in [3.05, 3.63) is 107 Å². The number of nitrogens with one attached hydrogen (secondary N) is 1. The summed E-state index contributed by atoms with van der Waals surface area (Å²) in [7, 11) is 0. The molecule has 46 heavy (non-hydrogen) atoms. The molecule has 2 heterocycles. The maximum atomic E-state index is 13.7. The summed E-state index contributed by atoms with van der Waals surface area (Å²) in [6.45, 7) is 16.6. The van der Waals surface area contributed by atoms with Gasteiger partial charge in [0.15, 0.2) is 6.29 Å². The number of hydrogen-bond donors (Lipinski definition) is 3. The van der Waals surface area contributed by atoms with Crippen LogP contribution in [0.2, 0.25) is 0 Å². The van der Waals surface area contributed by atoms with Crippen molar-refractivity contribution < 1.29 is 19.8 Å². The number of unbranched alkanes of at least 4 members (excludes halogenated alkanes) is 1. The van der Waals surface area contributed by atoms with Gasteiger partial charge in [-0.05, 0) is 100 Å².